The van der Waals surface area contributed by atoms with E-state index in [2.05, 4.69) is 5.32 Å². The van der Waals surface area contributed by atoms with Crippen LogP contribution in [0.3, 0.4) is 0 Å². The molecule has 94 valence electrons. The molecule has 0 fully saturated rings. The van der Waals surface area contributed by atoms with Crippen molar-refractivity contribution in [3.8, 4) is 0 Å². The predicted octanol–water partition coefficient (Wildman–Crippen LogP) is 3.26. The number of carbonyl (C=O) groups is 1. The average Bonchev–Trinajstić information content (AvgIpc) is 2.27. The van der Waals surface area contributed by atoms with Crippen LogP contribution in [0.15, 0.2) is 12.1 Å². The summed E-state index contributed by atoms with van der Waals surface area (Å²) in [6, 6.07) is 1.62. The molecule has 3 nitrogen and oxygen atoms in total. The van der Waals surface area contributed by atoms with Crippen molar-refractivity contribution in [2.45, 2.75) is 32.7 Å². The second-order valence-corrected chi connectivity index (χ2v) is 3.77. The van der Waals surface area contributed by atoms with Crippen LogP contribution in [-0.2, 0) is 0 Å². The molecular weight excluding hydrogens is 228 g/mol. The van der Waals surface area contributed by atoms with Crippen LogP contribution in [0.5, 0.6) is 0 Å². The van der Waals surface area contributed by atoms with E-state index >= 15 is 0 Å². The Morgan fingerprint density at radius 1 is 1.29 bits per heavy atom. The molecule has 1 aromatic rings. The quantitative estimate of drug-likeness (QED) is 0.834. The Balaban J connectivity index is 3.07. The van der Waals surface area contributed by atoms with Crippen molar-refractivity contribution in [3.05, 3.63) is 29.3 Å². The second kappa shape index (κ2) is 5.61. The molecule has 1 aromatic carbocycles. The van der Waals surface area contributed by atoms with Gasteiger partial charge in [-0.25, -0.2) is 13.6 Å². The molecule has 2 N–H and O–H groups in total. The van der Waals surface area contributed by atoms with Crippen LogP contribution >= 0.6 is 0 Å². The molecule has 0 aliphatic carbocycles. The first-order chi connectivity index (χ1) is 7.99. The lowest BCUT2D eigenvalue weighted by molar-refractivity contribution is 0.0692. The molecule has 0 atom stereocenters. The first-order valence-corrected chi connectivity index (χ1v) is 5.48. The summed E-state index contributed by atoms with van der Waals surface area (Å²) in [6.45, 7) is 3.86. The van der Waals surface area contributed by atoms with Crippen LogP contribution in [0.25, 0.3) is 0 Å². The zero-order valence-corrected chi connectivity index (χ0v) is 9.76. The zero-order valence-electron chi connectivity index (χ0n) is 9.76. The number of benzene rings is 1. The van der Waals surface area contributed by atoms with E-state index in [0.717, 1.165) is 18.9 Å². The van der Waals surface area contributed by atoms with E-state index in [-0.39, 0.29) is 11.7 Å². The lowest BCUT2D eigenvalue weighted by Crippen LogP contribution is -2.18. The predicted molar refractivity (Wildman–Crippen MR) is 61.3 cm³/mol. The smallest absolute Gasteiger partial charge is 0.338 e. The van der Waals surface area contributed by atoms with Crippen LogP contribution in [0.4, 0.5) is 14.5 Å². The van der Waals surface area contributed by atoms with Gasteiger partial charge in [0, 0.05) is 12.1 Å². The molecule has 0 bridgehead atoms. The van der Waals surface area contributed by atoms with Gasteiger partial charge >= 0.3 is 5.97 Å². The highest BCUT2D eigenvalue weighted by atomic mass is 19.1. The fraction of sp³-hybridized carbons (Fsp3) is 0.417. The number of rotatable bonds is 5. The first kappa shape index (κ1) is 13.4. The van der Waals surface area contributed by atoms with Gasteiger partial charge in [-0.2, -0.15) is 0 Å². The van der Waals surface area contributed by atoms with E-state index in [1.807, 2.05) is 13.8 Å². The minimum Gasteiger partial charge on any atom is -0.478 e. The Kier molecular flexibility index (Phi) is 4.43. The summed E-state index contributed by atoms with van der Waals surface area (Å²) in [5.41, 5.74) is -0.502. The third kappa shape index (κ3) is 3.15. The summed E-state index contributed by atoms with van der Waals surface area (Å²) in [5, 5.41) is 11.6. The minimum absolute atomic E-state index is 0.0255. The lowest BCUT2D eigenvalue weighted by Gasteiger charge is -2.17. The molecule has 0 saturated heterocycles. The third-order valence-electron chi connectivity index (χ3n) is 2.63. The van der Waals surface area contributed by atoms with Crippen molar-refractivity contribution < 1.29 is 18.7 Å². The third-order valence-corrected chi connectivity index (χ3v) is 2.63. The second-order valence-electron chi connectivity index (χ2n) is 3.77. The van der Waals surface area contributed by atoms with E-state index in [4.69, 9.17) is 5.11 Å². The van der Waals surface area contributed by atoms with Gasteiger partial charge in [0.1, 0.15) is 11.6 Å². The number of anilines is 1. The summed E-state index contributed by atoms with van der Waals surface area (Å²) in [4.78, 5) is 10.7. The van der Waals surface area contributed by atoms with E-state index in [9.17, 15) is 13.6 Å². The van der Waals surface area contributed by atoms with Crippen molar-refractivity contribution in [3.63, 3.8) is 0 Å². The normalized spacial score (nSPS) is 10.6. The summed E-state index contributed by atoms with van der Waals surface area (Å²) in [5.74, 6) is -3.25. The SMILES string of the molecule is CCC(CC)Nc1cc(C(=O)O)c(F)cc1F. The van der Waals surface area contributed by atoms with Crippen molar-refractivity contribution in [2.24, 2.45) is 0 Å². The fourth-order valence-corrected chi connectivity index (χ4v) is 1.54. The molecule has 0 saturated carbocycles. The van der Waals surface area contributed by atoms with E-state index in [1.165, 1.54) is 0 Å². The van der Waals surface area contributed by atoms with Crippen LogP contribution < -0.4 is 5.32 Å². The van der Waals surface area contributed by atoms with Crippen LogP contribution in [0.1, 0.15) is 37.0 Å². The Bertz CT molecular complexity index is 417. The van der Waals surface area contributed by atoms with Crippen LogP contribution in [0, 0.1) is 11.6 Å². The molecule has 17 heavy (non-hydrogen) atoms. The monoisotopic (exact) mass is 243 g/mol. The molecule has 0 spiro atoms. The fourth-order valence-electron chi connectivity index (χ4n) is 1.54. The van der Waals surface area contributed by atoms with E-state index < -0.39 is 23.2 Å². The highest BCUT2D eigenvalue weighted by Gasteiger charge is 2.16. The van der Waals surface area contributed by atoms with Gasteiger partial charge in [0.2, 0.25) is 0 Å². The van der Waals surface area contributed by atoms with Gasteiger partial charge in [-0.3, -0.25) is 0 Å². The van der Waals surface area contributed by atoms with Gasteiger partial charge in [0.15, 0.2) is 0 Å². The van der Waals surface area contributed by atoms with Gasteiger partial charge in [-0.15, -0.1) is 0 Å². The van der Waals surface area contributed by atoms with Gasteiger partial charge < -0.3 is 10.4 Å². The number of hydrogen-bond acceptors (Lipinski definition) is 2. The van der Waals surface area contributed by atoms with Crippen LogP contribution in [-0.4, -0.2) is 17.1 Å². The first-order valence-electron chi connectivity index (χ1n) is 5.48. The minimum atomic E-state index is -1.41. The van der Waals surface area contributed by atoms with Crippen molar-refractivity contribution in [1.82, 2.24) is 0 Å². The number of halogens is 2. The summed E-state index contributed by atoms with van der Waals surface area (Å²) < 4.78 is 26.6. The number of hydrogen-bond donors (Lipinski definition) is 2. The van der Waals surface area contributed by atoms with Gasteiger partial charge in [0.25, 0.3) is 0 Å². The molecular formula is C12H15F2NO2. The van der Waals surface area contributed by atoms with E-state index in [0.29, 0.717) is 6.07 Å². The maximum absolute atomic E-state index is 13.4. The van der Waals surface area contributed by atoms with Crippen molar-refractivity contribution in [1.29, 1.82) is 0 Å². The van der Waals surface area contributed by atoms with E-state index in [1.54, 1.807) is 0 Å². The largest absolute Gasteiger partial charge is 0.478 e. The molecule has 5 heteroatoms. The lowest BCUT2D eigenvalue weighted by atomic mass is 10.1. The Labute approximate surface area is 98.5 Å². The van der Waals surface area contributed by atoms with Gasteiger partial charge in [-0.1, -0.05) is 13.8 Å². The molecule has 1 rings (SSSR count). The maximum Gasteiger partial charge on any atom is 0.338 e. The van der Waals surface area contributed by atoms with Gasteiger partial charge in [0.05, 0.1) is 11.3 Å². The van der Waals surface area contributed by atoms with Crippen molar-refractivity contribution >= 4 is 11.7 Å². The number of carboxylic acid groups (broad SMARTS) is 1. The summed E-state index contributed by atoms with van der Waals surface area (Å²) in [7, 11) is 0. The number of nitrogens with one attached hydrogen (secondary N) is 1. The Morgan fingerprint density at radius 3 is 2.35 bits per heavy atom. The molecule has 0 aliphatic rings. The molecule has 0 radical (unpaired) electrons. The van der Waals surface area contributed by atoms with Gasteiger partial charge in [-0.05, 0) is 18.9 Å². The molecule has 0 aliphatic heterocycles. The molecule has 0 amide bonds. The molecule has 0 heterocycles. The van der Waals surface area contributed by atoms with Crippen molar-refractivity contribution in [2.75, 3.05) is 5.32 Å². The number of aromatic carboxylic acids is 1. The molecule has 0 aromatic heterocycles. The Morgan fingerprint density at radius 2 is 1.88 bits per heavy atom. The summed E-state index contributed by atoms with van der Waals surface area (Å²) >= 11 is 0. The maximum atomic E-state index is 13.4. The number of carboxylic acids is 1. The zero-order chi connectivity index (χ0) is 13.0. The highest BCUT2D eigenvalue weighted by Crippen LogP contribution is 2.21. The summed E-state index contributed by atoms with van der Waals surface area (Å²) in [6.07, 6.45) is 1.55. The molecule has 0 unspecified atom stereocenters. The standard InChI is InChI=1S/C12H15F2NO2/c1-3-7(4-2)15-11-5-8(12(16)17)9(13)6-10(11)14/h5-7,15H,3-4H2,1-2H3,(H,16,17). The Hall–Kier alpha value is -1.65. The van der Waals surface area contributed by atoms with Crippen LogP contribution in [0.2, 0.25) is 0 Å². The average molecular weight is 243 g/mol. The highest BCUT2D eigenvalue weighted by molar-refractivity contribution is 5.89. The topological polar surface area (TPSA) is 49.3 Å².